The molecular weight excluding hydrogens is 336 g/mol. The number of ether oxygens (including phenoxy) is 2. The smallest absolute Gasteiger partial charge is 0.213 e. The summed E-state index contributed by atoms with van der Waals surface area (Å²) in [6.07, 6.45) is 2.95. The zero-order valence-electron chi connectivity index (χ0n) is 15.8. The van der Waals surface area contributed by atoms with Gasteiger partial charge in [-0.25, -0.2) is 4.98 Å². The van der Waals surface area contributed by atoms with Crippen LogP contribution in [0.25, 0.3) is 11.1 Å². The lowest BCUT2D eigenvalue weighted by molar-refractivity contribution is 0.216. The highest BCUT2D eigenvalue weighted by Crippen LogP contribution is 2.35. The second-order valence-corrected chi connectivity index (χ2v) is 6.90. The number of aromatic nitrogens is 1. The van der Waals surface area contributed by atoms with Gasteiger partial charge in [0.05, 0.1) is 19.3 Å². The molecule has 1 atom stereocenters. The summed E-state index contributed by atoms with van der Waals surface area (Å²) in [6.45, 7) is 3.80. The van der Waals surface area contributed by atoms with E-state index in [1.54, 1.807) is 7.11 Å². The number of hydrogen-bond acceptors (Lipinski definition) is 4. The van der Waals surface area contributed by atoms with Gasteiger partial charge in [-0.3, -0.25) is 0 Å². The number of hydrogen-bond donors (Lipinski definition) is 0. The van der Waals surface area contributed by atoms with Crippen molar-refractivity contribution >= 4 is 5.69 Å². The van der Waals surface area contributed by atoms with Crippen LogP contribution in [0.5, 0.6) is 11.6 Å². The Hall–Kier alpha value is -3.01. The van der Waals surface area contributed by atoms with Crippen LogP contribution >= 0.6 is 0 Å². The first kappa shape index (κ1) is 17.4. The predicted molar refractivity (Wildman–Crippen MR) is 109 cm³/mol. The van der Waals surface area contributed by atoms with E-state index in [4.69, 9.17) is 9.47 Å². The number of anilines is 1. The molecule has 1 saturated heterocycles. The van der Waals surface area contributed by atoms with Crippen LogP contribution in [0.2, 0.25) is 0 Å². The SMILES string of the molecule is COc1cc(-c2ccccc2)ccc1N1CC[C@@H](Oc2ccc(C)cn2)C1. The van der Waals surface area contributed by atoms with Gasteiger partial charge < -0.3 is 14.4 Å². The maximum atomic E-state index is 6.05. The van der Waals surface area contributed by atoms with E-state index in [0.29, 0.717) is 5.88 Å². The summed E-state index contributed by atoms with van der Waals surface area (Å²) in [4.78, 5) is 6.68. The molecule has 1 aromatic heterocycles. The molecule has 4 rings (SSSR count). The van der Waals surface area contributed by atoms with Crippen molar-refractivity contribution in [3.63, 3.8) is 0 Å². The van der Waals surface area contributed by atoms with Crippen molar-refractivity contribution in [1.29, 1.82) is 0 Å². The molecule has 0 spiro atoms. The summed E-state index contributed by atoms with van der Waals surface area (Å²) < 4.78 is 11.7. The molecule has 0 bridgehead atoms. The molecule has 138 valence electrons. The molecule has 4 nitrogen and oxygen atoms in total. The fourth-order valence-electron chi connectivity index (χ4n) is 3.49. The van der Waals surface area contributed by atoms with Crippen molar-refractivity contribution < 1.29 is 9.47 Å². The Kier molecular flexibility index (Phi) is 4.97. The van der Waals surface area contributed by atoms with Gasteiger partial charge >= 0.3 is 0 Å². The Morgan fingerprint density at radius 1 is 1.00 bits per heavy atom. The first-order valence-electron chi connectivity index (χ1n) is 9.30. The van der Waals surface area contributed by atoms with Crippen LogP contribution < -0.4 is 14.4 Å². The molecule has 0 radical (unpaired) electrons. The molecular formula is C23H24N2O2. The minimum absolute atomic E-state index is 0.138. The highest BCUT2D eigenvalue weighted by Gasteiger charge is 2.26. The van der Waals surface area contributed by atoms with Crippen molar-refractivity contribution in [1.82, 2.24) is 4.98 Å². The maximum Gasteiger partial charge on any atom is 0.213 e. The van der Waals surface area contributed by atoms with Crippen molar-refractivity contribution in [2.45, 2.75) is 19.4 Å². The Balaban J connectivity index is 1.49. The van der Waals surface area contributed by atoms with Gasteiger partial charge in [0.1, 0.15) is 11.9 Å². The van der Waals surface area contributed by atoms with Crippen molar-refractivity contribution in [3.8, 4) is 22.8 Å². The van der Waals surface area contributed by atoms with E-state index in [0.717, 1.165) is 42.1 Å². The Morgan fingerprint density at radius 3 is 2.59 bits per heavy atom. The standard InChI is InChI=1S/C23H24N2O2/c1-17-8-11-23(24-15-17)27-20-12-13-25(16-20)21-10-9-19(14-22(21)26-2)18-6-4-3-5-7-18/h3-11,14-15,20H,12-13,16H2,1-2H3/t20-/m1/s1. The molecule has 0 aliphatic carbocycles. The molecule has 1 aliphatic heterocycles. The summed E-state index contributed by atoms with van der Waals surface area (Å²) in [5.74, 6) is 1.59. The number of pyridine rings is 1. The molecule has 0 unspecified atom stereocenters. The highest BCUT2D eigenvalue weighted by molar-refractivity contribution is 5.71. The first-order valence-corrected chi connectivity index (χ1v) is 9.30. The Labute approximate surface area is 160 Å². The number of methoxy groups -OCH3 is 1. The van der Waals surface area contributed by atoms with Crippen LogP contribution in [0.15, 0.2) is 66.9 Å². The van der Waals surface area contributed by atoms with Gasteiger partial charge in [0.15, 0.2) is 0 Å². The normalized spacial score (nSPS) is 16.4. The van der Waals surface area contributed by atoms with Gasteiger partial charge in [-0.15, -0.1) is 0 Å². The topological polar surface area (TPSA) is 34.6 Å². The van der Waals surface area contributed by atoms with Crippen LogP contribution in [0.4, 0.5) is 5.69 Å². The average Bonchev–Trinajstić information content (AvgIpc) is 3.18. The summed E-state index contributed by atoms with van der Waals surface area (Å²) in [5, 5.41) is 0. The lowest BCUT2D eigenvalue weighted by Gasteiger charge is -2.22. The van der Waals surface area contributed by atoms with E-state index in [1.807, 2.05) is 31.3 Å². The number of rotatable bonds is 5. The Morgan fingerprint density at radius 2 is 1.85 bits per heavy atom. The fraction of sp³-hybridized carbons (Fsp3) is 0.261. The minimum atomic E-state index is 0.138. The third-order valence-corrected chi connectivity index (χ3v) is 4.94. The number of aryl methyl sites for hydroxylation is 1. The van der Waals surface area contributed by atoms with E-state index in [-0.39, 0.29) is 6.10 Å². The molecule has 2 heterocycles. The summed E-state index contributed by atoms with van der Waals surface area (Å²) in [7, 11) is 1.73. The summed E-state index contributed by atoms with van der Waals surface area (Å²) in [5.41, 5.74) is 4.60. The molecule has 2 aromatic carbocycles. The van der Waals surface area contributed by atoms with Crippen LogP contribution in [-0.2, 0) is 0 Å². The molecule has 3 aromatic rings. The minimum Gasteiger partial charge on any atom is -0.495 e. The van der Waals surface area contributed by atoms with Crippen molar-refractivity contribution in [3.05, 3.63) is 72.4 Å². The quantitative estimate of drug-likeness (QED) is 0.659. The highest BCUT2D eigenvalue weighted by atomic mass is 16.5. The summed E-state index contributed by atoms with van der Waals surface area (Å²) in [6, 6.07) is 20.7. The summed E-state index contributed by atoms with van der Waals surface area (Å²) >= 11 is 0. The van der Waals surface area contributed by atoms with Gasteiger partial charge in [-0.05, 0) is 35.7 Å². The van der Waals surface area contributed by atoms with E-state index in [1.165, 1.54) is 5.56 Å². The molecule has 1 fully saturated rings. The lowest BCUT2D eigenvalue weighted by Crippen LogP contribution is -2.25. The van der Waals surface area contributed by atoms with Gasteiger partial charge in [-0.2, -0.15) is 0 Å². The zero-order valence-corrected chi connectivity index (χ0v) is 15.8. The second-order valence-electron chi connectivity index (χ2n) is 6.90. The lowest BCUT2D eigenvalue weighted by atomic mass is 10.0. The van der Waals surface area contributed by atoms with Crippen LogP contribution in [0.3, 0.4) is 0 Å². The van der Waals surface area contributed by atoms with Crippen LogP contribution in [0.1, 0.15) is 12.0 Å². The van der Waals surface area contributed by atoms with Gasteiger partial charge in [0.2, 0.25) is 5.88 Å². The monoisotopic (exact) mass is 360 g/mol. The van der Waals surface area contributed by atoms with E-state index in [9.17, 15) is 0 Å². The third kappa shape index (κ3) is 3.90. The number of nitrogens with zero attached hydrogens (tertiary/aromatic N) is 2. The van der Waals surface area contributed by atoms with E-state index < -0.39 is 0 Å². The van der Waals surface area contributed by atoms with E-state index >= 15 is 0 Å². The van der Waals surface area contributed by atoms with Crippen molar-refractivity contribution in [2.24, 2.45) is 0 Å². The molecule has 0 saturated carbocycles. The number of benzene rings is 2. The third-order valence-electron chi connectivity index (χ3n) is 4.94. The van der Waals surface area contributed by atoms with Gasteiger partial charge in [0, 0.05) is 25.2 Å². The van der Waals surface area contributed by atoms with Gasteiger partial charge in [-0.1, -0.05) is 42.5 Å². The first-order chi connectivity index (χ1) is 13.2. The molecule has 1 aliphatic rings. The molecule has 0 N–H and O–H groups in total. The fourth-order valence-corrected chi connectivity index (χ4v) is 3.49. The molecule has 27 heavy (non-hydrogen) atoms. The molecule has 4 heteroatoms. The van der Waals surface area contributed by atoms with E-state index in [2.05, 4.69) is 52.3 Å². The predicted octanol–water partition coefficient (Wildman–Crippen LogP) is 4.72. The maximum absolute atomic E-state index is 6.05. The van der Waals surface area contributed by atoms with Crippen LogP contribution in [0, 0.1) is 6.92 Å². The zero-order chi connectivity index (χ0) is 18.6. The van der Waals surface area contributed by atoms with Gasteiger partial charge in [0.25, 0.3) is 0 Å². The molecule has 0 amide bonds. The average molecular weight is 360 g/mol. The van der Waals surface area contributed by atoms with Crippen LogP contribution in [-0.4, -0.2) is 31.3 Å². The van der Waals surface area contributed by atoms with Crippen molar-refractivity contribution in [2.75, 3.05) is 25.1 Å². The largest absolute Gasteiger partial charge is 0.495 e. The Bertz CT molecular complexity index is 894. The second kappa shape index (κ2) is 7.70.